The van der Waals surface area contributed by atoms with Crippen LogP contribution in [0.4, 0.5) is 5.69 Å². The molecule has 1 atom stereocenters. The summed E-state index contributed by atoms with van der Waals surface area (Å²) in [5.41, 5.74) is 3.98. The molecule has 6 bridgehead atoms. The van der Waals surface area contributed by atoms with Crippen LogP contribution in [0.1, 0.15) is 41.3 Å². The maximum absolute atomic E-state index is 13.8. The number of hydrogen-bond acceptors (Lipinski definition) is 10. The molecule has 53 heavy (non-hydrogen) atoms. The van der Waals surface area contributed by atoms with Crippen LogP contribution in [0.15, 0.2) is 90.2 Å². The number of nitrogens with zero attached hydrogens (tertiary/aromatic N) is 5. The number of carbonyl (C=O) groups excluding carboxylic acids is 1. The van der Waals surface area contributed by atoms with Crippen molar-refractivity contribution < 1.29 is 41.0 Å². The van der Waals surface area contributed by atoms with E-state index in [2.05, 4.69) is 14.7 Å². The van der Waals surface area contributed by atoms with Crippen molar-refractivity contribution in [1.29, 1.82) is 0 Å². The first-order valence-corrected chi connectivity index (χ1v) is 19.7. The highest BCUT2D eigenvalue weighted by Crippen LogP contribution is 2.38. The predicted molar refractivity (Wildman–Crippen MR) is 196 cm³/mol. The molecule has 1 amide bonds. The maximum Gasteiger partial charge on any atom is 0.301 e. The molecule has 15 nitrogen and oxygen atoms in total. The summed E-state index contributed by atoms with van der Waals surface area (Å²) < 4.78 is 69.0. The molecule has 1 unspecified atom stereocenters. The summed E-state index contributed by atoms with van der Waals surface area (Å²) in [6.07, 6.45) is 6.76. The Morgan fingerprint density at radius 3 is 2.42 bits per heavy atom. The lowest BCUT2D eigenvalue weighted by atomic mass is 9.87. The molecule has 0 spiro atoms. The Morgan fingerprint density at radius 2 is 1.70 bits per heavy atom. The van der Waals surface area contributed by atoms with Gasteiger partial charge in [-0.05, 0) is 84.5 Å². The zero-order chi connectivity index (χ0) is 38.0. The normalized spacial score (nSPS) is 16.4. The SMILES string of the molecule is CN(C)S(=O)(=O)Nc1ccc(S(=O)(=O)N2CCCOc3cccc(c3)C3c4ccc(cc4CCN3C(=O)CCc3cnccn3)OCC2)cc1.O=CO. The fourth-order valence-electron chi connectivity index (χ4n) is 6.07. The van der Waals surface area contributed by atoms with E-state index >= 15 is 0 Å². The lowest BCUT2D eigenvalue weighted by Crippen LogP contribution is -2.40. The summed E-state index contributed by atoms with van der Waals surface area (Å²) in [4.78, 5) is 32.4. The quantitative estimate of drug-likeness (QED) is 0.250. The van der Waals surface area contributed by atoms with Crippen LogP contribution in [0, 0.1) is 0 Å². The third kappa shape index (κ3) is 9.87. The molecule has 4 aromatic rings. The summed E-state index contributed by atoms with van der Waals surface area (Å²) in [7, 11) is -4.90. The van der Waals surface area contributed by atoms with Crippen LogP contribution in [-0.2, 0) is 42.7 Å². The second-order valence-electron chi connectivity index (χ2n) is 12.3. The molecule has 0 saturated carbocycles. The van der Waals surface area contributed by atoms with Crippen molar-refractivity contribution in [3.05, 3.63) is 108 Å². The van der Waals surface area contributed by atoms with E-state index in [4.69, 9.17) is 19.4 Å². The molecule has 17 heteroatoms. The number of anilines is 1. The van der Waals surface area contributed by atoms with Gasteiger partial charge in [0.15, 0.2) is 0 Å². The van der Waals surface area contributed by atoms with Gasteiger partial charge in [0.25, 0.3) is 6.47 Å². The number of aryl methyl sites for hydroxylation is 1. The number of aromatic nitrogens is 2. The zero-order valence-corrected chi connectivity index (χ0v) is 31.0. The molecule has 0 radical (unpaired) electrons. The number of rotatable bonds is 8. The van der Waals surface area contributed by atoms with Crippen molar-refractivity contribution in [2.24, 2.45) is 0 Å². The Balaban J connectivity index is 0.00000175. The predicted octanol–water partition coefficient (Wildman–Crippen LogP) is 3.35. The van der Waals surface area contributed by atoms with E-state index in [0.29, 0.717) is 43.7 Å². The van der Waals surface area contributed by atoms with E-state index in [1.54, 1.807) is 18.6 Å². The molecule has 0 fully saturated rings. The smallest absolute Gasteiger partial charge is 0.301 e. The number of benzene rings is 3. The molecular formula is C36H42N6O9S2. The van der Waals surface area contributed by atoms with Crippen LogP contribution in [0.3, 0.4) is 0 Å². The van der Waals surface area contributed by atoms with Gasteiger partial charge in [-0.15, -0.1) is 0 Å². The Kier molecular flexibility index (Phi) is 13.0. The second kappa shape index (κ2) is 17.6. The van der Waals surface area contributed by atoms with Gasteiger partial charge in [-0.3, -0.25) is 24.3 Å². The largest absolute Gasteiger partial charge is 0.494 e. The van der Waals surface area contributed by atoms with Gasteiger partial charge in [-0.25, -0.2) is 8.42 Å². The van der Waals surface area contributed by atoms with Crippen molar-refractivity contribution >= 4 is 38.3 Å². The lowest BCUT2D eigenvalue weighted by Gasteiger charge is -2.38. The summed E-state index contributed by atoms with van der Waals surface area (Å²) >= 11 is 0. The molecule has 3 aliphatic heterocycles. The monoisotopic (exact) mass is 766 g/mol. The van der Waals surface area contributed by atoms with E-state index in [9.17, 15) is 21.6 Å². The van der Waals surface area contributed by atoms with Gasteiger partial charge in [-0.2, -0.15) is 17.0 Å². The van der Waals surface area contributed by atoms with Gasteiger partial charge in [0, 0.05) is 64.4 Å². The summed E-state index contributed by atoms with van der Waals surface area (Å²) in [5, 5.41) is 6.89. The minimum atomic E-state index is -3.96. The lowest BCUT2D eigenvalue weighted by molar-refractivity contribution is -0.133. The molecule has 4 heterocycles. The third-order valence-electron chi connectivity index (χ3n) is 8.70. The van der Waals surface area contributed by atoms with Crippen LogP contribution in [-0.4, -0.2) is 105 Å². The van der Waals surface area contributed by atoms with Gasteiger partial charge in [0.05, 0.1) is 23.2 Å². The minimum absolute atomic E-state index is 0.0261. The van der Waals surface area contributed by atoms with Gasteiger partial charge >= 0.3 is 10.2 Å². The number of nitrogens with one attached hydrogen (secondary N) is 1. The molecule has 1 aromatic heterocycles. The number of carbonyl (C=O) groups is 2. The highest BCUT2D eigenvalue weighted by molar-refractivity contribution is 7.90. The average Bonchev–Trinajstić information content (AvgIpc) is 3.14. The van der Waals surface area contributed by atoms with Crippen molar-refractivity contribution in [3.8, 4) is 11.5 Å². The highest BCUT2D eigenvalue weighted by Gasteiger charge is 2.33. The van der Waals surface area contributed by atoms with Crippen LogP contribution in [0.25, 0.3) is 0 Å². The van der Waals surface area contributed by atoms with Gasteiger partial charge < -0.3 is 19.5 Å². The summed E-state index contributed by atoms with van der Waals surface area (Å²) in [6, 6.07) is 18.8. The molecule has 3 aliphatic rings. The second-order valence-corrected chi connectivity index (χ2v) is 16.2. The van der Waals surface area contributed by atoms with Crippen molar-refractivity contribution in [2.75, 3.05) is 51.7 Å². The fraction of sp³-hybridized carbons (Fsp3) is 0.333. The molecule has 282 valence electrons. The summed E-state index contributed by atoms with van der Waals surface area (Å²) in [6.45, 7) is 0.885. The van der Waals surface area contributed by atoms with E-state index in [1.807, 2.05) is 47.4 Å². The molecule has 0 aliphatic carbocycles. The average molecular weight is 767 g/mol. The Hall–Kier alpha value is -5.10. The standard InChI is InChI=1S/C35H40N6O7S2.CH2O2/c1-39(2)50(45,46)38-28-7-11-32(12-8-28)49(43,44)40-18-4-21-47-30-6-3-5-27(24-30)35-33-13-10-31(48-22-20-40)23-26(33)15-19-41(35)34(42)14-9-29-25-36-16-17-37-29;2-1-3/h3,5-8,10-13,16-17,23-25,35,38H,4,9,14-15,18-22H2,1-2H3;1H,(H,2,3). The van der Waals surface area contributed by atoms with Crippen LogP contribution >= 0.6 is 0 Å². The third-order valence-corrected chi connectivity index (χ3v) is 12.1. The van der Waals surface area contributed by atoms with Gasteiger partial charge in [0.1, 0.15) is 18.1 Å². The van der Waals surface area contributed by atoms with E-state index in [1.165, 1.54) is 42.7 Å². The van der Waals surface area contributed by atoms with E-state index < -0.39 is 20.2 Å². The van der Waals surface area contributed by atoms with Crippen molar-refractivity contribution in [1.82, 2.24) is 23.5 Å². The Labute approximate surface area is 309 Å². The molecular weight excluding hydrogens is 725 g/mol. The first-order chi connectivity index (χ1) is 25.4. The zero-order valence-electron chi connectivity index (χ0n) is 29.4. The number of hydrogen-bond donors (Lipinski definition) is 2. The molecule has 3 aromatic carbocycles. The number of amides is 1. The maximum atomic E-state index is 13.8. The van der Waals surface area contributed by atoms with Crippen molar-refractivity contribution in [3.63, 3.8) is 0 Å². The summed E-state index contributed by atoms with van der Waals surface area (Å²) in [5.74, 6) is 1.26. The number of ether oxygens (including phenoxy) is 2. The number of carboxylic acid groups (broad SMARTS) is 1. The van der Waals surface area contributed by atoms with E-state index in [-0.39, 0.29) is 55.3 Å². The Morgan fingerprint density at radius 1 is 0.962 bits per heavy atom. The molecule has 0 saturated heterocycles. The van der Waals surface area contributed by atoms with Gasteiger partial charge in [-0.1, -0.05) is 18.2 Å². The first-order valence-electron chi connectivity index (χ1n) is 16.8. The van der Waals surface area contributed by atoms with E-state index in [0.717, 1.165) is 26.7 Å². The Bertz CT molecular complexity index is 2080. The minimum Gasteiger partial charge on any atom is -0.494 e. The fourth-order valence-corrected chi connectivity index (χ4v) is 8.14. The molecule has 7 rings (SSSR count). The number of sulfonamides is 1. The van der Waals surface area contributed by atoms with Crippen LogP contribution in [0.5, 0.6) is 11.5 Å². The first kappa shape index (κ1) is 39.1. The topological polar surface area (TPSA) is 189 Å². The molecule has 2 N–H and O–H groups in total. The number of fused-ring (bicyclic) bond motifs is 8. The van der Waals surface area contributed by atoms with Crippen molar-refractivity contribution in [2.45, 2.75) is 36.6 Å². The van der Waals surface area contributed by atoms with Gasteiger partial charge in [0.2, 0.25) is 15.9 Å². The van der Waals surface area contributed by atoms with Crippen LogP contribution in [0.2, 0.25) is 0 Å². The highest BCUT2D eigenvalue weighted by atomic mass is 32.2. The van der Waals surface area contributed by atoms with Crippen LogP contribution < -0.4 is 14.2 Å².